The van der Waals surface area contributed by atoms with Crippen LogP contribution in [0, 0.1) is 0 Å². The third kappa shape index (κ3) is 4.03. The highest BCUT2D eigenvalue weighted by atomic mass is 35.5. The highest BCUT2D eigenvalue weighted by molar-refractivity contribution is 7.13. The first kappa shape index (κ1) is 15.9. The predicted molar refractivity (Wildman–Crippen MR) is 84.9 cm³/mol. The Kier molecular flexibility index (Phi) is 5.33. The van der Waals surface area contributed by atoms with E-state index >= 15 is 0 Å². The lowest BCUT2D eigenvalue weighted by Crippen LogP contribution is -2.30. The van der Waals surface area contributed by atoms with E-state index in [-0.39, 0.29) is 12.5 Å². The van der Waals surface area contributed by atoms with Gasteiger partial charge in [-0.05, 0) is 17.7 Å². The third-order valence-corrected chi connectivity index (χ3v) is 4.55. The molecule has 1 aromatic heterocycles. The van der Waals surface area contributed by atoms with Gasteiger partial charge in [-0.2, -0.15) is 0 Å². The van der Waals surface area contributed by atoms with E-state index in [2.05, 4.69) is 10.3 Å². The standard InChI is InChI=1S/C15H17ClN2O2S/c1-9(2)15-17-7-13(21-15)14(20)18-12(8-19)10-3-5-11(16)6-4-10/h3-7,9,12,19H,8H2,1-2H3,(H,18,20). The molecule has 1 amide bonds. The molecule has 0 fully saturated rings. The van der Waals surface area contributed by atoms with Crippen LogP contribution in [0.5, 0.6) is 0 Å². The van der Waals surface area contributed by atoms with Crippen molar-refractivity contribution >= 4 is 28.8 Å². The van der Waals surface area contributed by atoms with Crippen LogP contribution in [0.1, 0.15) is 46.0 Å². The van der Waals surface area contributed by atoms with Crippen molar-refractivity contribution < 1.29 is 9.90 Å². The number of amides is 1. The highest BCUT2D eigenvalue weighted by Gasteiger charge is 2.17. The van der Waals surface area contributed by atoms with Crippen molar-refractivity contribution in [3.8, 4) is 0 Å². The van der Waals surface area contributed by atoms with E-state index in [0.717, 1.165) is 10.6 Å². The van der Waals surface area contributed by atoms with E-state index in [4.69, 9.17) is 11.6 Å². The van der Waals surface area contributed by atoms with Crippen LogP contribution in [0.15, 0.2) is 30.5 Å². The van der Waals surface area contributed by atoms with Gasteiger partial charge in [0.25, 0.3) is 5.91 Å². The molecule has 112 valence electrons. The number of aromatic nitrogens is 1. The van der Waals surface area contributed by atoms with Gasteiger partial charge in [0.2, 0.25) is 0 Å². The molecule has 0 aliphatic heterocycles. The predicted octanol–water partition coefficient (Wildman–Crippen LogP) is 3.38. The summed E-state index contributed by atoms with van der Waals surface area (Å²) >= 11 is 7.21. The normalized spacial score (nSPS) is 12.4. The first-order chi connectivity index (χ1) is 10.0. The van der Waals surface area contributed by atoms with Gasteiger partial charge in [-0.1, -0.05) is 37.6 Å². The van der Waals surface area contributed by atoms with Crippen LogP contribution in [0.3, 0.4) is 0 Å². The third-order valence-electron chi connectivity index (χ3n) is 3.00. The van der Waals surface area contributed by atoms with Gasteiger partial charge in [0.05, 0.1) is 23.9 Å². The molecule has 1 heterocycles. The van der Waals surface area contributed by atoms with E-state index < -0.39 is 6.04 Å². The molecule has 2 N–H and O–H groups in total. The molecule has 1 unspecified atom stereocenters. The average molecular weight is 325 g/mol. The van der Waals surface area contributed by atoms with Gasteiger partial charge < -0.3 is 10.4 Å². The van der Waals surface area contributed by atoms with Crippen LogP contribution < -0.4 is 5.32 Å². The summed E-state index contributed by atoms with van der Waals surface area (Å²) in [6.07, 6.45) is 1.58. The van der Waals surface area contributed by atoms with Crippen molar-refractivity contribution in [2.24, 2.45) is 0 Å². The average Bonchev–Trinajstić information content (AvgIpc) is 2.96. The van der Waals surface area contributed by atoms with Gasteiger partial charge in [0.15, 0.2) is 0 Å². The Bertz CT molecular complexity index is 610. The van der Waals surface area contributed by atoms with Crippen LogP contribution in [-0.2, 0) is 0 Å². The van der Waals surface area contributed by atoms with Crippen LogP contribution in [0.2, 0.25) is 5.02 Å². The topological polar surface area (TPSA) is 62.2 Å². The van der Waals surface area contributed by atoms with Crippen LogP contribution in [-0.4, -0.2) is 22.6 Å². The largest absolute Gasteiger partial charge is 0.394 e. The molecule has 0 saturated carbocycles. The molecule has 1 atom stereocenters. The zero-order valence-electron chi connectivity index (χ0n) is 11.8. The number of halogens is 1. The second-order valence-corrected chi connectivity index (χ2v) is 6.48. The molecule has 0 spiro atoms. The number of nitrogens with one attached hydrogen (secondary N) is 1. The lowest BCUT2D eigenvalue weighted by atomic mass is 10.1. The number of rotatable bonds is 5. The Morgan fingerprint density at radius 2 is 2.05 bits per heavy atom. The molecule has 0 aliphatic carbocycles. The number of carbonyl (C=O) groups excluding carboxylic acids is 1. The summed E-state index contributed by atoms with van der Waals surface area (Å²) in [5.74, 6) is 0.0647. The summed E-state index contributed by atoms with van der Waals surface area (Å²) in [6.45, 7) is 3.89. The molecule has 6 heteroatoms. The number of nitrogens with zero attached hydrogens (tertiary/aromatic N) is 1. The smallest absolute Gasteiger partial charge is 0.263 e. The Morgan fingerprint density at radius 1 is 1.38 bits per heavy atom. The van der Waals surface area contributed by atoms with Crippen LogP contribution >= 0.6 is 22.9 Å². The van der Waals surface area contributed by atoms with Crippen LogP contribution in [0.4, 0.5) is 0 Å². The quantitative estimate of drug-likeness (QED) is 0.886. The zero-order chi connectivity index (χ0) is 15.4. The molecule has 2 rings (SSSR count). The van der Waals surface area contributed by atoms with Crippen molar-refractivity contribution in [1.82, 2.24) is 10.3 Å². The van der Waals surface area contributed by atoms with E-state index in [0.29, 0.717) is 15.8 Å². The second-order valence-electron chi connectivity index (χ2n) is 4.98. The van der Waals surface area contributed by atoms with Crippen molar-refractivity contribution in [3.05, 3.63) is 50.9 Å². The number of benzene rings is 1. The van der Waals surface area contributed by atoms with E-state index in [1.54, 1.807) is 30.5 Å². The van der Waals surface area contributed by atoms with Gasteiger partial charge in [-0.25, -0.2) is 4.98 Å². The molecule has 1 aromatic carbocycles. The highest BCUT2D eigenvalue weighted by Crippen LogP contribution is 2.22. The SMILES string of the molecule is CC(C)c1ncc(C(=O)NC(CO)c2ccc(Cl)cc2)s1. The monoisotopic (exact) mass is 324 g/mol. The maximum absolute atomic E-state index is 12.2. The van der Waals surface area contributed by atoms with Crippen molar-refractivity contribution in [2.75, 3.05) is 6.61 Å². The van der Waals surface area contributed by atoms with Gasteiger partial charge in [0, 0.05) is 10.9 Å². The molecule has 0 bridgehead atoms. The number of aliphatic hydroxyl groups is 1. The number of carbonyl (C=O) groups is 1. The lowest BCUT2D eigenvalue weighted by Gasteiger charge is -2.16. The molecule has 4 nitrogen and oxygen atoms in total. The number of hydrogen-bond acceptors (Lipinski definition) is 4. The lowest BCUT2D eigenvalue weighted by molar-refractivity contribution is 0.0920. The molecule has 0 radical (unpaired) electrons. The minimum Gasteiger partial charge on any atom is -0.394 e. The van der Waals surface area contributed by atoms with Gasteiger partial charge in [0.1, 0.15) is 4.88 Å². The van der Waals surface area contributed by atoms with E-state index in [1.807, 2.05) is 13.8 Å². The molecule has 21 heavy (non-hydrogen) atoms. The fraction of sp³-hybridized carbons (Fsp3) is 0.333. The van der Waals surface area contributed by atoms with Gasteiger partial charge in [-0.15, -0.1) is 11.3 Å². The minimum atomic E-state index is -0.459. The van der Waals surface area contributed by atoms with Gasteiger partial charge in [-0.3, -0.25) is 4.79 Å². The number of aliphatic hydroxyl groups excluding tert-OH is 1. The fourth-order valence-corrected chi connectivity index (χ4v) is 2.77. The molecule has 2 aromatic rings. The maximum Gasteiger partial charge on any atom is 0.263 e. The minimum absolute atomic E-state index is 0.177. The summed E-state index contributed by atoms with van der Waals surface area (Å²) in [7, 11) is 0. The Morgan fingerprint density at radius 3 is 2.57 bits per heavy atom. The number of hydrogen-bond donors (Lipinski definition) is 2. The molecular formula is C15H17ClN2O2S. The Balaban J connectivity index is 2.10. The summed E-state index contributed by atoms with van der Waals surface area (Å²) in [6, 6.07) is 6.58. The van der Waals surface area contributed by atoms with Crippen molar-refractivity contribution in [2.45, 2.75) is 25.8 Å². The fourth-order valence-electron chi connectivity index (χ4n) is 1.82. The van der Waals surface area contributed by atoms with Crippen molar-refractivity contribution in [3.63, 3.8) is 0 Å². The van der Waals surface area contributed by atoms with Crippen LogP contribution in [0.25, 0.3) is 0 Å². The van der Waals surface area contributed by atoms with Crippen molar-refractivity contribution in [1.29, 1.82) is 0 Å². The Labute approximate surface area is 132 Å². The van der Waals surface area contributed by atoms with E-state index in [1.165, 1.54) is 11.3 Å². The summed E-state index contributed by atoms with van der Waals surface area (Å²) in [4.78, 5) is 17.0. The second kappa shape index (κ2) is 7.02. The first-order valence-electron chi connectivity index (χ1n) is 6.64. The Hall–Kier alpha value is -1.43. The summed E-state index contributed by atoms with van der Waals surface area (Å²) < 4.78 is 0. The summed E-state index contributed by atoms with van der Waals surface area (Å²) in [5.41, 5.74) is 0.809. The zero-order valence-corrected chi connectivity index (χ0v) is 13.4. The maximum atomic E-state index is 12.2. The van der Waals surface area contributed by atoms with E-state index in [9.17, 15) is 9.90 Å². The molecule has 0 saturated heterocycles. The van der Waals surface area contributed by atoms with Gasteiger partial charge >= 0.3 is 0 Å². The molecular weight excluding hydrogens is 308 g/mol. The number of thiazole rings is 1. The molecule has 0 aliphatic rings. The summed E-state index contributed by atoms with van der Waals surface area (Å²) in [5, 5.41) is 13.8. The first-order valence-corrected chi connectivity index (χ1v) is 7.83.